The van der Waals surface area contributed by atoms with Crippen molar-refractivity contribution in [2.45, 2.75) is 38.5 Å². The zero-order valence-electron chi connectivity index (χ0n) is 20.0. The van der Waals surface area contributed by atoms with Gasteiger partial charge in [0.25, 0.3) is 5.91 Å². The van der Waals surface area contributed by atoms with Crippen molar-refractivity contribution in [3.05, 3.63) is 77.5 Å². The van der Waals surface area contributed by atoms with Gasteiger partial charge in [-0.3, -0.25) is 9.69 Å². The number of piperidine rings is 1. The second-order valence-corrected chi connectivity index (χ2v) is 8.83. The maximum Gasteiger partial charge on any atom is 0.416 e. The molecule has 1 aromatic heterocycles. The molecule has 1 amide bonds. The molecule has 1 saturated heterocycles. The third-order valence-electron chi connectivity index (χ3n) is 6.25. The van der Waals surface area contributed by atoms with Gasteiger partial charge in [0.05, 0.1) is 17.7 Å². The Kier molecular flexibility index (Phi) is 7.79. The third kappa shape index (κ3) is 6.34. The van der Waals surface area contributed by atoms with Crippen molar-refractivity contribution in [3.8, 4) is 16.9 Å². The lowest BCUT2D eigenvalue weighted by Crippen LogP contribution is -2.44. The number of benzene rings is 2. The van der Waals surface area contributed by atoms with Crippen LogP contribution in [0.2, 0.25) is 0 Å². The number of nitrogens with two attached hydrogens (primary N) is 1. The predicted molar refractivity (Wildman–Crippen MR) is 132 cm³/mol. The summed E-state index contributed by atoms with van der Waals surface area (Å²) in [5, 5.41) is 3.07. The summed E-state index contributed by atoms with van der Waals surface area (Å²) in [6.07, 6.45) is -1.23. The van der Waals surface area contributed by atoms with Gasteiger partial charge in [-0.2, -0.15) is 13.2 Å². The van der Waals surface area contributed by atoms with Crippen LogP contribution in [0.1, 0.15) is 41.3 Å². The molecule has 3 N–H and O–H groups in total. The molecule has 0 radical (unpaired) electrons. The summed E-state index contributed by atoms with van der Waals surface area (Å²) in [5.41, 5.74) is 7.88. The molecule has 0 aliphatic carbocycles. The van der Waals surface area contributed by atoms with Gasteiger partial charge < -0.3 is 15.8 Å². The maximum atomic E-state index is 12.9. The van der Waals surface area contributed by atoms with Gasteiger partial charge in [0.15, 0.2) is 0 Å². The number of hydrogen-bond acceptors (Lipinski definition) is 5. The minimum atomic E-state index is -4.37. The van der Waals surface area contributed by atoms with Gasteiger partial charge in [-0.05, 0) is 61.2 Å². The van der Waals surface area contributed by atoms with Gasteiger partial charge in [0.1, 0.15) is 11.6 Å². The number of nitrogens with one attached hydrogen (secondary N) is 1. The maximum absolute atomic E-state index is 12.9. The highest BCUT2D eigenvalue weighted by Crippen LogP contribution is 2.35. The number of carbonyl (C=O) groups is 1. The lowest BCUT2D eigenvalue weighted by atomic mass is 10.00. The van der Waals surface area contributed by atoms with E-state index in [0.717, 1.165) is 55.7 Å². The average molecular weight is 499 g/mol. The van der Waals surface area contributed by atoms with Crippen LogP contribution >= 0.6 is 0 Å². The van der Waals surface area contributed by atoms with Gasteiger partial charge >= 0.3 is 6.18 Å². The van der Waals surface area contributed by atoms with E-state index in [1.807, 2.05) is 25.1 Å². The van der Waals surface area contributed by atoms with Crippen LogP contribution in [0.15, 0.2) is 60.8 Å². The number of nitrogen functional groups attached to an aromatic ring is 1. The Labute approximate surface area is 208 Å². The Bertz CT molecular complexity index is 1170. The lowest BCUT2D eigenvalue weighted by Gasteiger charge is -2.32. The van der Waals surface area contributed by atoms with E-state index in [2.05, 4.69) is 15.2 Å². The first-order valence-electron chi connectivity index (χ1n) is 11.9. The van der Waals surface area contributed by atoms with Crippen molar-refractivity contribution in [2.24, 2.45) is 0 Å². The quantitative estimate of drug-likeness (QED) is 0.471. The van der Waals surface area contributed by atoms with E-state index in [-0.39, 0.29) is 11.9 Å². The number of hydrogen-bond donors (Lipinski definition) is 2. The molecule has 1 aliphatic rings. The van der Waals surface area contributed by atoms with E-state index in [9.17, 15) is 18.0 Å². The Hall–Kier alpha value is -3.59. The summed E-state index contributed by atoms with van der Waals surface area (Å²) in [6.45, 7) is 4.70. The van der Waals surface area contributed by atoms with Crippen molar-refractivity contribution >= 4 is 11.7 Å². The van der Waals surface area contributed by atoms with Crippen LogP contribution in [-0.2, 0) is 12.7 Å². The smallest absolute Gasteiger partial charge is 0.416 e. The van der Waals surface area contributed by atoms with E-state index in [0.29, 0.717) is 29.3 Å². The highest BCUT2D eigenvalue weighted by atomic mass is 19.4. The Morgan fingerprint density at radius 2 is 1.83 bits per heavy atom. The summed E-state index contributed by atoms with van der Waals surface area (Å²) in [6, 6.07) is 14.3. The topological polar surface area (TPSA) is 80.5 Å². The Morgan fingerprint density at radius 3 is 2.44 bits per heavy atom. The Balaban J connectivity index is 1.36. The normalized spacial score (nSPS) is 15.0. The number of anilines is 1. The highest BCUT2D eigenvalue weighted by molar-refractivity contribution is 5.94. The van der Waals surface area contributed by atoms with Crippen LogP contribution in [-0.4, -0.2) is 41.5 Å². The molecular weight excluding hydrogens is 469 g/mol. The zero-order chi connectivity index (χ0) is 25.7. The number of carbonyl (C=O) groups excluding carboxylic acids is 1. The van der Waals surface area contributed by atoms with Crippen molar-refractivity contribution in [3.63, 3.8) is 0 Å². The van der Waals surface area contributed by atoms with E-state index in [1.54, 1.807) is 12.1 Å². The molecule has 190 valence electrons. The number of aromatic nitrogens is 1. The number of ether oxygens (including phenoxy) is 1. The molecule has 4 rings (SSSR count). The molecule has 2 heterocycles. The number of alkyl halides is 3. The third-order valence-corrected chi connectivity index (χ3v) is 6.25. The monoisotopic (exact) mass is 498 g/mol. The van der Waals surface area contributed by atoms with Crippen LogP contribution < -0.4 is 15.8 Å². The average Bonchev–Trinajstić information content (AvgIpc) is 2.86. The van der Waals surface area contributed by atoms with E-state index in [1.165, 1.54) is 18.3 Å². The van der Waals surface area contributed by atoms with Crippen LogP contribution in [0.25, 0.3) is 11.1 Å². The van der Waals surface area contributed by atoms with Crippen molar-refractivity contribution < 1.29 is 22.7 Å². The molecule has 0 saturated carbocycles. The Morgan fingerprint density at radius 1 is 1.11 bits per heavy atom. The summed E-state index contributed by atoms with van der Waals surface area (Å²) >= 11 is 0. The number of likely N-dealkylation sites (tertiary alicyclic amines) is 1. The van der Waals surface area contributed by atoms with Gasteiger partial charge in [-0.25, -0.2) is 4.98 Å². The first-order chi connectivity index (χ1) is 17.2. The largest absolute Gasteiger partial charge is 0.493 e. The van der Waals surface area contributed by atoms with Gasteiger partial charge in [0, 0.05) is 37.4 Å². The van der Waals surface area contributed by atoms with Gasteiger partial charge in [-0.1, -0.05) is 24.3 Å². The fourth-order valence-electron chi connectivity index (χ4n) is 4.32. The predicted octanol–water partition coefficient (Wildman–Crippen LogP) is 5.14. The van der Waals surface area contributed by atoms with Gasteiger partial charge in [0.2, 0.25) is 0 Å². The van der Waals surface area contributed by atoms with Crippen LogP contribution in [0, 0.1) is 0 Å². The molecule has 9 heteroatoms. The lowest BCUT2D eigenvalue weighted by molar-refractivity contribution is -0.137. The van der Waals surface area contributed by atoms with E-state index < -0.39 is 11.7 Å². The zero-order valence-corrected chi connectivity index (χ0v) is 20.0. The van der Waals surface area contributed by atoms with Crippen LogP contribution in [0.5, 0.6) is 5.75 Å². The molecule has 0 atom stereocenters. The number of halogens is 3. The molecule has 3 aromatic rings. The first kappa shape index (κ1) is 25.5. The highest BCUT2D eigenvalue weighted by Gasteiger charge is 2.30. The standard InChI is InChI=1S/C27H29F3N4O2/c1-2-36-24-15-18(3-9-23(24)19-4-7-21(8-5-19)27(28,29)30)17-34-13-11-22(12-14-34)33-26(35)20-6-10-25(31)32-16-20/h3-10,15-16,22H,2,11-14,17H2,1H3,(H2,31,32)(H,33,35). The number of amides is 1. The molecule has 2 aromatic carbocycles. The molecule has 0 spiro atoms. The van der Waals surface area contributed by atoms with Crippen molar-refractivity contribution in [2.75, 3.05) is 25.4 Å². The number of nitrogens with zero attached hydrogens (tertiary/aromatic N) is 2. The summed E-state index contributed by atoms with van der Waals surface area (Å²) in [5.74, 6) is 0.870. The second kappa shape index (κ2) is 11.0. The molecule has 1 aliphatic heterocycles. The molecule has 36 heavy (non-hydrogen) atoms. The fourth-order valence-corrected chi connectivity index (χ4v) is 4.32. The van der Waals surface area contributed by atoms with E-state index >= 15 is 0 Å². The number of pyridine rings is 1. The summed E-state index contributed by atoms with van der Waals surface area (Å²) in [7, 11) is 0. The van der Waals surface area contributed by atoms with Crippen LogP contribution in [0.3, 0.4) is 0 Å². The molecule has 0 unspecified atom stereocenters. The second-order valence-electron chi connectivity index (χ2n) is 8.83. The van der Waals surface area contributed by atoms with Crippen molar-refractivity contribution in [1.82, 2.24) is 15.2 Å². The minimum absolute atomic E-state index is 0.0901. The van der Waals surface area contributed by atoms with E-state index in [4.69, 9.17) is 10.5 Å². The first-order valence-corrected chi connectivity index (χ1v) is 11.9. The molecule has 1 fully saturated rings. The SMILES string of the molecule is CCOc1cc(CN2CCC(NC(=O)c3ccc(N)nc3)CC2)ccc1-c1ccc(C(F)(F)F)cc1. The van der Waals surface area contributed by atoms with Crippen molar-refractivity contribution in [1.29, 1.82) is 0 Å². The van der Waals surface area contributed by atoms with Gasteiger partial charge in [-0.15, -0.1) is 0 Å². The fraction of sp³-hybridized carbons (Fsp3) is 0.333. The number of rotatable bonds is 7. The molecule has 0 bridgehead atoms. The molecular formula is C27H29F3N4O2. The van der Waals surface area contributed by atoms with Crippen LogP contribution in [0.4, 0.5) is 19.0 Å². The summed E-state index contributed by atoms with van der Waals surface area (Å²) < 4.78 is 44.6. The molecule has 6 nitrogen and oxygen atoms in total. The minimum Gasteiger partial charge on any atom is -0.493 e. The summed E-state index contributed by atoms with van der Waals surface area (Å²) in [4.78, 5) is 18.7.